The molecule has 4 aromatic rings. The second-order valence-corrected chi connectivity index (χ2v) is 7.60. The summed E-state index contributed by atoms with van der Waals surface area (Å²) in [4.78, 5) is 11.3. The van der Waals surface area contributed by atoms with Crippen LogP contribution in [0.5, 0.6) is 11.5 Å². The van der Waals surface area contributed by atoms with Crippen LogP contribution in [-0.4, -0.2) is 62.7 Å². The van der Waals surface area contributed by atoms with Crippen LogP contribution < -0.4 is 19.7 Å². The molecule has 1 aromatic carbocycles. The molecule has 1 aliphatic heterocycles. The van der Waals surface area contributed by atoms with Gasteiger partial charge in [0.15, 0.2) is 17.3 Å². The minimum absolute atomic E-state index is 0.0418. The van der Waals surface area contributed by atoms with Crippen molar-refractivity contribution in [2.75, 3.05) is 37.6 Å². The van der Waals surface area contributed by atoms with E-state index >= 15 is 0 Å². The van der Waals surface area contributed by atoms with Crippen molar-refractivity contribution in [1.82, 2.24) is 24.1 Å². The minimum atomic E-state index is 0.0418. The molecule has 1 atom stereocenters. The van der Waals surface area contributed by atoms with Crippen LogP contribution in [0.3, 0.4) is 0 Å². The normalized spacial score (nSPS) is 16.0. The lowest BCUT2D eigenvalue weighted by Gasteiger charge is -2.23. The van der Waals surface area contributed by atoms with E-state index in [9.17, 15) is 5.11 Å². The van der Waals surface area contributed by atoms with Gasteiger partial charge in [-0.25, -0.2) is 9.50 Å². The fourth-order valence-corrected chi connectivity index (χ4v) is 4.06. The van der Waals surface area contributed by atoms with Crippen molar-refractivity contribution in [3.8, 4) is 17.2 Å². The zero-order valence-electron chi connectivity index (χ0n) is 18.0. The molecule has 0 spiro atoms. The van der Waals surface area contributed by atoms with E-state index in [4.69, 9.17) is 14.5 Å². The highest BCUT2D eigenvalue weighted by atomic mass is 16.5. The summed E-state index contributed by atoms with van der Waals surface area (Å²) in [6, 6.07) is 9.60. The maximum Gasteiger partial charge on any atom is 0.245 e. The number of imidazole rings is 1. The maximum atomic E-state index is 9.71. The zero-order chi connectivity index (χ0) is 22.1. The molecule has 3 aromatic heterocycles. The average molecular weight is 435 g/mol. The number of hydrogen-bond donors (Lipinski definition) is 2. The first-order valence-corrected chi connectivity index (χ1v) is 10.5. The predicted molar refractivity (Wildman–Crippen MR) is 120 cm³/mol. The lowest BCUT2D eigenvalue weighted by atomic mass is 10.2. The molecule has 0 aliphatic carbocycles. The first-order chi connectivity index (χ1) is 15.7. The molecule has 10 nitrogen and oxygen atoms in total. The Morgan fingerprint density at radius 3 is 2.88 bits per heavy atom. The molecular weight excluding hydrogens is 410 g/mol. The number of fused-ring (bicyclic) bond motifs is 1. The van der Waals surface area contributed by atoms with Crippen molar-refractivity contribution in [1.29, 1.82) is 0 Å². The van der Waals surface area contributed by atoms with Crippen LogP contribution in [0.25, 0.3) is 11.2 Å². The molecule has 5 rings (SSSR count). The van der Waals surface area contributed by atoms with Crippen LogP contribution >= 0.6 is 0 Å². The van der Waals surface area contributed by atoms with Crippen molar-refractivity contribution >= 4 is 23.1 Å². The van der Waals surface area contributed by atoms with E-state index in [2.05, 4.69) is 20.3 Å². The van der Waals surface area contributed by atoms with Gasteiger partial charge in [-0.2, -0.15) is 4.98 Å². The van der Waals surface area contributed by atoms with Gasteiger partial charge in [0.2, 0.25) is 5.95 Å². The van der Waals surface area contributed by atoms with Gasteiger partial charge in [-0.3, -0.25) is 0 Å². The Bertz CT molecular complexity index is 1240. The van der Waals surface area contributed by atoms with Crippen molar-refractivity contribution in [3.05, 3.63) is 49.1 Å². The van der Waals surface area contributed by atoms with Crippen molar-refractivity contribution in [2.45, 2.75) is 18.9 Å². The number of benzene rings is 1. The largest absolute Gasteiger partial charge is 0.493 e. The Morgan fingerprint density at radius 2 is 2.06 bits per heavy atom. The zero-order valence-corrected chi connectivity index (χ0v) is 18.0. The van der Waals surface area contributed by atoms with Crippen molar-refractivity contribution < 1.29 is 14.6 Å². The van der Waals surface area contributed by atoms with Crippen LogP contribution in [0.15, 0.2) is 49.1 Å². The number of aromatic nitrogens is 5. The molecule has 2 N–H and O–H groups in total. The van der Waals surface area contributed by atoms with Gasteiger partial charge in [-0.05, 0) is 37.1 Å². The van der Waals surface area contributed by atoms with Crippen LogP contribution in [0, 0.1) is 0 Å². The Balaban J connectivity index is 1.45. The number of aliphatic hydroxyl groups is 1. The Hall–Kier alpha value is -3.79. The number of rotatable bonds is 7. The smallest absolute Gasteiger partial charge is 0.245 e. The van der Waals surface area contributed by atoms with E-state index in [1.165, 1.54) is 0 Å². The Kier molecular flexibility index (Phi) is 5.28. The standard InChI is InChI=1S/C22H25N7O3/c1-31-18-8-7-15(11-19(18)32-2)27-12-20(23-14-27)24-21-17-6-4-10-29(17)26-22(25-21)28-9-3-5-16(28)13-30/h4,6-8,10-12,14,16,30H,3,5,9,13H2,1-2H3,(H,24,25,26). The Morgan fingerprint density at radius 1 is 1.19 bits per heavy atom. The monoisotopic (exact) mass is 435 g/mol. The van der Waals surface area contributed by atoms with Crippen LogP contribution in [-0.2, 0) is 0 Å². The van der Waals surface area contributed by atoms with E-state index < -0.39 is 0 Å². The van der Waals surface area contributed by atoms with Crippen LogP contribution in [0.1, 0.15) is 12.8 Å². The summed E-state index contributed by atoms with van der Waals surface area (Å²) in [5.41, 5.74) is 1.73. The number of methoxy groups -OCH3 is 2. The average Bonchev–Trinajstić information content (AvgIpc) is 3.58. The summed E-state index contributed by atoms with van der Waals surface area (Å²) in [6.07, 6.45) is 7.44. The fraction of sp³-hybridized carbons (Fsp3) is 0.318. The molecule has 0 bridgehead atoms. The van der Waals surface area contributed by atoms with Gasteiger partial charge in [0, 0.05) is 18.8 Å². The van der Waals surface area contributed by atoms with Gasteiger partial charge in [0.1, 0.15) is 17.7 Å². The third kappa shape index (κ3) is 3.58. The second-order valence-electron chi connectivity index (χ2n) is 7.60. The molecule has 0 saturated carbocycles. The number of anilines is 3. The lowest BCUT2D eigenvalue weighted by molar-refractivity contribution is 0.265. The molecule has 166 valence electrons. The van der Waals surface area contributed by atoms with Gasteiger partial charge >= 0.3 is 0 Å². The van der Waals surface area contributed by atoms with E-state index in [0.29, 0.717) is 29.1 Å². The van der Waals surface area contributed by atoms with E-state index in [1.807, 2.05) is 47.3 Å². The molecular formula is C22H25N7O3. The summed E-state index contributed by atoms with van der Waals surface area (Å²) in [7, 11) is 3.22. The number of hydrogen-bond acceptors (Lipinski definition) is 8. The summed E-state index contributed by atoms with van der Waals surface area (Å²) < 4.78 is 14.4. The summed E-state index contributed by atoms with van der Waals surface area (Å²) in [5.74, 6) is 3.20. The van der Waals surface area contributed by atoms with Gasteiger partial charge in [-0.1, -0.05) is 0 Å². The summed E-state index contributed by atoms with van der Waals surface area (Å²) in [5, 5.41) is 17.7. The van der Waals surface area contributed by atoms with Crippen molar-refractivity contribution in [3.63, 3.8) is 0 Å². The van der Waals surface area contributed by atoms with Crippen LogP contribution in [0.2, 0.25) is 0 Å². The van der Waals surface area contributed by atoms with Gasteiger partial charge in [-0.15, -0.1) is 5.10 Å². The first-order valence-electron chi connectivity index (χ1n) is 10.5. The first kappa shape index (κ1) is 20.1. The highest BCUT2D eigenvalue weighted by Gasteiger charge is 2.27. The second kappa shape index (κ2) is 8.39. The summed E-state index contributed by atoms with van der Waals surface area (Å²) >= 11 is 0. The van der Waals surface area contributed by atoms with Crippen molar-refractivity contribution in [2.24, 2.45) is 0 Å². The minimum Gasteiger partial charge on any atom is -0.493 e. The highest BCUT2D eigenvalue weighted by Crippen LogP contribution is 2.30. The molecule has 1 unspecified atom stereocenters. The Labute approximate surface area is 185 Å². The van der Waals surface area contributed by atoms with E-state index in [-0.39, 0.29) is 12.6 Å². The summed E-state index contributed by atoms with van der Waals surface area (Å²) in [6.45, 7) is 0.914. The number of nitrogens with one attached hydrogen (secondary N) is 1. The molecule has 1 saturated heterocycles. The lowest BCUT2D eigenvalue weighted by Crippen LogP contribution is -2.34. The van der Waals surface area contributed by atoms with E-state index in [0.717, 1.165) is 30.6 Å². The quantitative estimate of drug-likeness (QED) is 0.457. The van der Waals surface area contributed by atoms with E-state index in [1.54, 1.807) is 25.1 Å². The third-order valence-electron chi connectivity index (χ3n) is 5.72. The van der Waals surface area contributed by atoms with Gasteiger partial charge in [0.25, 0.3) is 0 Å². The van der Waals surface area contributed by atoms with Crippen LogP contribution in [0.4, 0.5) is 17.6 Å². The number of aliphatic hydroxyl groups excluding tert-OH is 1. The third-order valence-corrected chi connectivity index (χ3v) is 5.72. The maximum absolute atomic E-state index is 9.71. The molecule has 1 fully saturated rings. The number of ether oxygens (including phenoxy) is 2. The number of nitrogens with zero attached hydrogens (tertiary/aromatic N) is 6. The topological polar surface area (TPSA) is 102 Å². The molecule has 10 heteroatoms. The fourth-order valence-electron chi connectivity index (χ4n) is 4.06. The van der Waals surface area contributed by atoms with Gasteiger partial charge < -0.3 is 29.4 Å². The molecule has 0 radical (unpaired) electrons. The highest BCUT2D eigenvalue weighted by molar-refractivity contribution is 5.73. The SMILES string of the molecule is COc1ccc(-n2cnc(Nc3nc(N4CCCC4CO)nn4cccc34)c2)cc1OC. The molecule has 0 amide bonds. The predicted octanol–water partition coefficient (Wildman–Crippen LogP) is 2.64. The molecule has 32 heavy (non-hydrogen) atoms. The molecule has 1 aliphatic rings. The molecule has 4 heterocycles. The van der Waals surface area contributed by atoms with Gasteiger partial charge in [0.05, 0.1) is 38.8 Å².